The summed E-state index contributed by atoms with van der Waals surface area (Å²) >= 11 is 0. The first-order valence-electron chi connectivity index (χ1n) is 10.3. The van der Waals surface area contributed by atoms with E-state index in [1.54, 1.807) is 11.4 Å². The molecule has 0 aromatic heterocycles. The summed E-state index contributed by atoms with van der Waals surface area (Å²) in [4.78, 5) is 6.53. The molecule has 0 atom stereocenters. The highest BCUT2D eigenvalue weighted by Gasteiger charge is 2.29. The van der Waals surface area contributed by atoms with E-state index in [2.05, 4.69) is 53.3 Å². The van der Waals surface area contributed by atoms with Gasteiger partial charge in [0.1, 0.15) is 0 Å². The molecule has 0 unspecified atom stereocenters. The third-order valence-electron chi connectivity index (χ3n) is 5.18. The highest BCUT2D eigenvalue weighted by molar-refractivity contribution is 7.89. The Morgan fingerprint density at radius 2 is 1.79 bits per heavy atom. The van der Waals surface area contributed by atoms with Gasteiger partial charge >= 0.3 is 0 Å². The molecular formula is C21H36N4O3S. The van der Waals surface area contributed by atoms with Gasteiger partial charge in [-0.1, -0.05) is 44.2 Å². The minimum atomic E-state index is -3.29. The summed E-state index contributed by atoms with van der Waals surface area (Å²) in [6.45, 7) is 11.4. The fraction of sp³-hybridized carbons (Fsp3) is 0.667. The lowest BCUT2D eigenvalue weighted by Crippen LogP contribution is -2.55. The van der Waals surface area contributed by atoms with E-state index >= 15 is 0 Å². The summed E-state index contributed by atoms with van der Waals surface area (Å²) in [5.41, 5.74) is 1.22. The van der Waals surface area contributed by atoms with Crippen LogP contribution >= 0.6 is 0 Å². The number of ether oxygens (including phenoxy) is 1. The standard InChI is InChI=1S/C21H36N4O3S/c1-18(2)28-15-16-29(26,27)25-13-11-24(12-14-25)20(22-5)23-17-21(3,4)19-9-7-6-8-10-19/h6-10,18H,11-17H2,1-5H3,(H,22,23). The molecule has 29 heavy (non-hydrogen) atoms. The Labute approximate surface area is 176 Å². The van der Waals surface area contributed by atoms with Crippen molar-refractivity contribution < 1.29 is 13.2 Å². The second-order valence-electron chi connectivity index (χ2n) is 8.27. The summed E-state index contributed by atoms with van der Waals surface area (Å²) in [6.07, 6.45) is 0.0385. The van der Waals surface area contributed by atoms with Crippen molar-refractivity contribution in [3.63, 3.8) is 0 Å². The van der Waals surface area contributed by atoms with Crippen molar-refractivity contribution >= 4 is 16.0 Å². The monoisotopic (exact) mass is 424 g/mol. The third-order valence-corrected chi connectivity index (χ3v) is 7.01. The molecule has 7 nitrogen and oxygen atoms in total. The second-order valence-corrected chi connectivity index (χ2v) is 10.4. The van der Waals surface area contributed by atoms with Gasteiger partial charge in [-0.3, -0.25) is 4.99 Å². The zero-order valence-electron chi connectivity index (χ0n) is 18.4. The van der Waals surface area contributed by atoms with Crippen LogP contribution in [-0.4, -0.2) is 81.8 Å². The van der Waals surface area contributed by atoms with Gasteiger partial charge in [-0.15, -0.1) is 0 Å². The van der Waals surface area contributed by atoms with Crippen LogP contribution in [-0.2, 0) is 20.2 Å². The molecule has 1 fully saturated rings. The lowest BCUT2D eigenvalue weighted by atomic mass is 9.85. The van der Waals surface area contributed by atoms with Gasteiger partial charge in [0, 0.05) is 45.2 Å². The molecule has 0 saturated carbocycles. The van der Waals surface area contributed by atoms with Crippen LogP contribution in [0.1, 0.15) is 33.3 Å². The number of piperazine rings is 1. The topological polar surface area (TPSA) is 74.2 Å². The third kappa shape index (κ3) is 6.97. The van der Waals surface area contributed by atoms with Crippen LogP contribution < -0.4 is 5.32 Å². The zero-order valence-corrected chi connectivity index (χ0v) is 19.2. The average Bonchev–Trinajstić information content (AvgIpc) is 2.69. The maximum absolute atomic E-state index is 12.5. The first kappa shape index (κ1) is 23.6. The Kier molecular flexibility index (Phi) is 8.48. The lowest BCUT2D eigenvalue weighted by molar-refractivity contribution is 0.0904. The molecule has 0 spiro atoms. The molecule has 0 radical (unpaired) electrons. The Hall–Kier alpha value is -1.64. The van der Waals surface area contributed by atoms with Crippen LogP contribution in [0, 0.1) is 0 Å². The molecule has 0 amide bonds. The molecule has 0 aliphatic carbocycles. The van der Waals surface area contributed by atoms with Gasteiger partial charge in [0.25, 0.3) is 0 Å². The molecule has 1 aliphatic rings. The number of hydrogen-bond acceptors (Lipinski definition) is 4. The largest absolute Gasteiger partial charge is 0.378 e. The Morgan fingerprint density at radius 3 is 2.34 bits per heavy atom. The Morgan fingerprint density at radius 1 is 1.17 bits per heavy atom. The molecule has 1 saturated heterocycles. The van der Waals surface area contributed by atoms with E-state index < -0.39 is 10.0 Å². The number of guanidine groups is 1. The quantitative estimate of drug-likeness (QED) is 0.510. The Balaban J connectivity index is 1.87. The first-order chi connectivity index (χ1) is 13.7. The van der Waals surface area contributed by atoms with E-state index in [4.69, 9.17) is 4.74 Å². The van der Waals surface area contributed by atoms with Crippen LogP contribution in [0.15, 0.2) is 35.3 Å². The number of sulfonamides is 1. The van der Waals surface area contributed by atoms with Crippen molar-refractivity contribution in [1.82, 2.24) is 14.5 Å². The molecule has 2 rings (SSSR count). The van der Waals surface area contributed by atoms with E-state index in [1.807, 2.05) is 19.9 Å². The summed E-state index contributed by atoms with van der Waals surface area (Å²) in [5.74, 6) is 0.845. The van der Waals surface area contributed by atoms with Gasteiger partial charge in [0.2, 0.25) is 10.0 Å². The normalized spacial score (nSPS) is 17.0. The molecule has 164 valence electrons. The van der Waals surface area contributed by atoms with Crippen LogP contribution in [0.2, 0.25) is 0 Å². The van der Waals surface area contributed by atoms with Crippen molar-refractivity contribution in [2.75, 3.05) is 52.1 Å². The summed E-state index contributed by atoms with van der Waals surface area (Å²) < 4.78 is 32.0. The van der Waals surface area contributed by atoms with Gasteiger partial charge in [-0.05, 0) is 19.4 Å². The molecule has 1 heterocycles. The molecule has 1 N–H and O–H groups in total. The highest BCUT2D eigenvalue weighted by Crippen LogP contribution is 2.21. The van der Waals surface area contributed by atoms with Crippen molar-refractivity contribution in [3.05, 3.63) is 35.9 Å². The van der Waals surface area contributed by atoms with Crippen molar-refractivity contribution in [2.24, 2.45) is 4.99 Å². The SMILES string of the molecule is CN=C(NCC(C)(C)c1ccccc1)N1CCN(S(=O)(=O)CCOC(C)C)CC1. The van der Waals surface area contributed by atoms with Crippen molar-refractivity contribution in [1.29, 1.82) is 0 Å². The predicted octanol–water partition coefficient (Wildman–Crippen LogP) is 1.91. The van der Waals surface area contributed by atoms with Crippen LogP contribution in [0.25, 0.3) is 0 Å². The van der Waals surface area contributed by atoms with Gasteiger partial charge in [-0.2, -0.15) is 4.31 Å². The number of hydrogen-bond donors (Lipinski definition) is 1. The molecule has 1 aliphatic heterocycles. The fourth-order valence-corrected chi connectivity index (χ4v) is 4.60. The van der Waals surface area contributed by atoms with Gasteiger partial charge in [0.15, 0.2) is 5.96 Å². The second kappa shape index (κ2) is 10.4. The maximum atomic E-state index is 12.5. The van der Waals surface area contributed by atoms with E-state index in [0.717, 1.165) is 12.5 Å². The number of nitrogens with zero attached hydrogens (tertiary/aromatic N) is 3. The molecule has 1 aromatic carbocycles. The average molecular weight is 425 g/mol. The number of nitrogens with one attached hydrogen (secondary N) is 1. The van der Waals surface area contributed by atoms with Crippen molar-refractivity contribution in [3.8, 4) is 0 Å². The van der Waals surface area contributed by atoms with Gasteiger partial charge < -0.3 is 15.0 Å². The molecule has 8 heteroatoms. The number of aliphatic imine (C=N–C) groups is 1. The minimum Gasteiger partial charge on any atom is -0.378 e. The summed E-state index contributed by atoms with van der Waals surface area (Å²) in [6, 6.07) is 10.4. The lowest BCUT2D eigenvalue weighted by Gasteiger charge is -2.37. The van der Waals surface area contributed by atoms with Crippen LogP contribution in [0.4, 0.5) is 0 Å². The van der Waals surface area contributed by atoms with E-state index in [0.29, 0.717) is 26.2 Å². The molecule has 0 bridgehead atoms. The van der Waals surface area contributed by atoms with Gasteiger partial charge in [-0.25, -0.2) is 8.42 Å². The molecular weight excluding hydrogens is 388 g/mol. The van der Waals surface area contributed by atoms with Gasteiger partial charge in [0.05, 0.1) is 18.5 Å². The molecule has 1 aromatic rings. The van der Waals surface area contributed by atoms with Crippen LogP contribution in [0.5, 0.6) is 0 Å². The van der Waals surface area contributed by atoms with E-state index in [1.165, 1.54) is 5.56 Å². The zero-order chi connectivity index (χ0) is 21.5. The van der Waals surface area contributed by atoms with E-state index in [-0.39, 0.29) is 23.9 Å². The highest BCUT2D eigenvalue weighted by atomic mass is 32.2. The minimum absolute atomic E-state index is 0.0312. The number of benzene rings is 1. The smallest absolute Gasteiger partial charge is 0.216 e. The van der Waals surface area contributed by atoms with Crippen LogP contribution in [0.3, 0.4) is 0 Å². The fourth-order valence-electron chi connectivity index (χ4n) is 3.32. The predicted molar refractivity (Wildman–Crippen MR) is 119 cm³/mol. The van der Waals surface area contributed by atoms with Crippen molar-refractivity contribution in [2.45, 2.75) is 39.2 Å². The summed E-state index contributed by atoms with van der Waals surface area (Å²) in [5, 5.41) is 3.47. The first-order valence-corrected chi connectivity index (χ1v) is 11.9. The Bertz CT molecular complexity index is 755. The maximum Gasteiger partial charge on any atom is 0.216 e. The number of rotatable bonds is 8. The summed E-state index contributed by atoms with van der Waals surface area (Å²) in [7, 11) is -1.52. The van der Waals surface area contributed by atoms with E-state index in [9.17, 15) is 8.42 Å².